The van der Waals surface area contributed by atoms with Gasteiger partial charge in [0.1, 0.15) is 11.3 Å². The SMILES string of the molecule is Cc1ccccc1CN(C)c1nc2ccccn2c1C=O. The van der Waals surface area contributed by atoms with E-state index in [-0.39, 0.29) is 0 Å². The molecule has 0 radical (unpaired) electrons. The highest BCUT2D eigenvalue weighted by molar-refractivity contribution is 5.83. The number of aromatic nitrogens is 2. The second kappa shape index (κ2) is 5.40. The van der Waals surface area contributed by atoms with Gasteiger partial charge in [-0.2, -0.15) is 0 Å². The average Bonchev–Trinajstić information content (AvgIpc) is 2.88. The van der Waals surface area contributed by atoms with E-state index in [1.807, 2.05) is 52.9 Å². The van der Waals surface area contributed by atoms with Gasteiger partial charge in [0.05, 0.1) is 0 Å². The zero-order chi connectivity index (χ0) is 14.8. The van der Waals surface area contributed by atoms with Crippen LogP contribution in [0.3, 0.4) is 0 Å². The lowest BCUT2D eigenvalue weighted by atomic mass is 10.1. The van der Waals surface area contributed by atoms with Gasteiger partial charge >= 0.3 is 0 Å². The minimum absolute atomic E-state index is 0.585. The fourth-order valence-electron chi connectivity index (χ4n) is 2.51. The van der Waals surface area contributed by atoms with Crippen LogP contribution in [0.15, 0.2) is 48.7 Å². The first kappa shape index (κ1) is 13.4. The predicted molar refractivity (Wildman–Crippen MR) is 83.9 cm³/mol. The summed E-state index contributed by atoms with van der Waals surface area (Å²) in [7, 11) is 1.96. The molecule has 1 aromatic carbocycles. The average molecular weight is 279 g/mol. The Morgan fingerprint density at radius 2 is 1.95 bits per heavy atom. The standard InChI is InChI=1S/C17H17N3O/c1-13-7-3-4-8-14(13)11-19(2)17-15(12-21)20-10-6-5-9-16(20)18-17/h3-10,12H,11H2,1-2H3. The predicted octanol–water partition coefficient (Wildman–Crippen LogP) is 3.09. The van der Waals surface area contributed by atoms with Gasteiger partial charge in [0, 0.05) is 19.8 Å². The summed E-state index contributed by atoms with van der Waals surface area (Å²) in [6.07, 6.45) is 2.72. The molecule has 0 unspecified atom stereocenters. The minimum atomic E-state index is 0.585. The molecule has 21 heavy (non-hydrogen) atoms. The van der Waals surface area contributed by atoms with E-state index in [1.54, 1.807) is 0 Å². The lowest BCUT2D eigenvalue weighted by Crippen LogP contribution is -2.19. The number of carbonyl (C=O) groups excluding carboxylic acids is 1. The number of hydrogen-bond donors (Lipinski definition) is 0. The molecule has 0 bridgehead atoms. The van der Waals surface area contributed by atoms with Crippen LogP contribution in [0.5, 0.6) is 0 Å². The largest absolute Gasteiger partial charge is 0.353 e. The zero-order valence-electron chi connectivity index (χ0n) is 12.2. The Balaban J connectivity index is 2.00. The Bertz CT molecular complexity index is 792. The molecule has 0 aliphatic carbocycles. The van der Waals surface area contributed by atoms with Gasteiger partial charge in [0.2, 0.25) is 0 Å². The highest BCUT2D eigenvalue weighted by Crippen LogP contribution is 2.21. The number of aryl methyl sites for hydroxylation is 1. The van der Waals surface area contributed by atoms with Gasteiger partial charge in [0.25, 0.3) is 0 Å². The maximum absolute atomic E-state index is 11.4. The maximum atomic E-state index is 11.4. The Morgan fingerprint density at radius 1 is 1.19 bits per heavy atom. The third-order valence-electron chi connectivity index (χ3n) is 3.69. The molecule has 0 N–H and O–H groups in total. The molecule has 0 spiro atoms. The van der Waals surface area contributed by atoms with Crippen LogP contribution in [0.4, 0.5) is 5.82 Å². The Morgan fingerprint density at radius 3 is 2.71 bits per heavy atom. The molecule has 0 amide bonds. The Hall–Kier alpha value is -2.62. The van der Waals surface area contributed by atoms with Crippen molar-refractivity contribution in [3.05, 3.63) is 65.5 Å². The summed E-state index contributed by atoms with van der Waals surface area (Å²) >= 11 is 0. The van der Waals surface area contributed by atoms with Crippen molar-refractivity contribution in [2.75, 3.05) is 11.9 Å². The quantitative estimate of drug-likeness (QED) is 0.689. The summed E-state index contributed by atoms with van der Waals surface area (Å²) in [5.74, 6) is 0.708. The molecule has 106 valence electrons. The highest BCUT2D eigenvalue weighted by atomic mass is 16.1. The van der Waals surface area contributed by atoms with Gasteiger partial charge in [-0.3, -0.25) is 9.20 Å². The van der Waals surface area contributed by atoms with E-state index in [2.05, 4.69) is 24.0 Å². The summed E-state index contributed by atoms with van der Waals surface area (Å²) in [5, 5.41) is 0. The topological polar surface area (TPSA) is 37.6 Å². The van der Waals surface area contributed by atoms with E-state index in [1.165, 1.54) is 11.1 Å². The lowest BCUT2D eigenvalue weighted by molar-refractivity contribution is 0.111. The molecule has 3 aromatic rings. The van der Waals surface area contributed by atoms with Crippen LogP contribution in [0.25, 0.3) is 5.65 Å². The molecule has 2 heterocycles. The number of aldehydes is 1. The van der Waals surface area contributed by atoms with Crippen LogP contribution in [0.2, 0.25) is 0 Å². The number of anilines is 1. The van der Waals surface area contributed by atoms with Gasteiger partial charge in [0.15, 0.2) is 12.1 Å². The van der Waals surface area contributed by atoms with Crippen LogP contribution in [-0.2, 0) is 6.54 Å². The Kier molecular flexibility index (Phi) is 3.44. The van der Waals surface area contributed by atoms with E-state index in [4.69, 9.17) is 0 Å². The minimum Gasteiger partial charge on any atom is -0.353 e. The molecule has 0 saturated carbocycles. The summed E-state index contributed by atoms with van der Waals surface area (Å²) in [6, 6.07) is 14.0. The molecule has 0 atom stereocenters. The van der Waals surface area contributed by atoms with Crippen molar-refractivity contribution in [3.63, 3.8) is 0 Å². The van der Waals surface area contributed by atoms with E-state index in [0.717, 1.165) is 18.5 Å². The third kappa shape index (κ3) is 2.40. The molecule has 2 aromatic heterocycles. The molecular weight excluding hydrogens is 262 g/mol. The van der Waals surface area contributed by atoms with Crippen LogP contribution >= 0.6 is 0 Å². The first-order valence-electron chi connectivity index (χ1n) is 6.88. The third-order valence-corrected chi connectivity index (χ3v) is 3.69. The van der Waals surface area contributed by atoms with Crippen LogP contribution < -0.4 is 4.90 Å². The summed E-state index contributed by atoms with van der Waals surface area (Å²) in [6.45, 7) is 2.81. The van der Waals surface area contributed by atoms with Gasteiger partial charge in [-0.25, -0.2) is 4.98 Å². The van der Waals surface area contributed by atoms with E-state index in [0.29, 0.717) is 11.5 Å². The van der Waals surface area contributed by atoms with E-state index >= 15 is 0 Å². The van der Waals surface area contributed by atoms with Gasteiger partial charge in [-0.05, 0) is 30.2 Å². The summed E-state index contributed by atoms with van der Waals surface area (Å²) in [4.78, 5) is 18.0. The number of imidazole rings is 1. The number of hydrogen-bond acceptors (Lipinski definition) is 3. The summed E-state index contributed by atoms with van der Waals surface area (Å²) in [5.41, 5.74) is 3.84. The number of carbonyl (C=O) groups is 1. The fourth-order valence-corrected chi connectivity index (χ4v) is 2.51. The van der Waals surface area contributed by atoms with Crippen molar-refractivity contribution in [3.8, 4) is 0 Å². The molecule has 0 saturated heterocycles. The van der Waals surface area contributed by atoms with Gasteiger partial charge < -0.3 is 4.90 Å². The van der Waals surface area contributed by atoms with Crippen LogP contribution in [-0.4, -0.2) is 22.7 Å². The smallest absolute Gasteiger partial charge is 0.170 e. The van der Waals surface area contributed by atoms with E-state index < -0.39 is 0 Å². The maximum Gasteiger partial charge on any atom is 0.170 e. The van der Waals surface area contributed by atoms with Crippen molar-refractivity contribution in [2.45, 2.75) is 13.5 Å². The molecule has 3 rings (SSSR count). The zero-order valence-corrected chi connectivity index (χ0v) is 12.2. The van der Waals surface area contributed by atoms with Crippen molar-refractivity contribution in [2.24, 2.45) is 0 Å². The van der Waals surface area contributed by atoms with Crippen molar-refractivity contribution in [1.29, 1.82) is 0 Å². The number of pyridine rings is 1. The van der Waals surface area contributed by atoms with Crippen molar-refractivity contribution >= 4 is 17.8 Å². The molecule has 0 aliphatic heterocycles. The number of nitrogens with zero attached hydrogens (tertiary/aromatic N) is 3. The highest BCUT2D eigenvalue weighted by Gasteiger charge is 2.15. The molecule has 0 fully saturated rings. The number of fused-ring (bicyclic) bond motifs is 1. The lowest BCUT2D eigenvalue weighted by Gasteiger charge is -2.18. The van der Waals surface area contributed by atoms with Gasteiger partial charge in [-0.15, -0.1) is 0 Å². The first-order valence-corrected chi connectivity index (χ1v) is 6.88. The molecule has 4 heteroatoms. The monoisotopic (exact) mass is 279 g/mol. The molecule has 0 aliphatic rings. The van der Waals surface area contributed by atoms with Crippen molar-refractivity contribution < 1.29 is 4.79 Å². The molecular formula is C17H17N3O. The van der Waals surface area contributed by atoms with Gasteiger partial charge in [-0.1, -0.05) is 30.3 Å². The normalized spacial score (nSPS) is 10.8. The fraction of sp³-hybridized carbons (Fsp3) is 0.176. The first-order chi connectivity index (χ1) is 10.2. The summed E-state index contributed by atoms with van der Waals surface area (Å²) < 4.78 is 1.82. The van der Waals surface area contributed by atoms with Crippen LogP contribution in [0, 0.1) is 6.92 Å². The second-order valence-corrected chi connectivity index (χ2v) is 5.15. The number of benzene rings is 1. The van der Waals surface area contributed by atoms with Crippen LogP contribution in [0.1, 0.15) is 21.6 Å². The Labute approximate surface area is 123 Å². The van der Waals surface area contributed by atoms with E-state index in [9.17, 15) is 4.79 Å². The number of rotatable bonds is 4. The van der Waals surface area contributed by atoms with Crippen molar-refractivity contribution in [1.82, 2.24) is 9.38 Å². The molecule has 4 nitrogen and oxygen atoms in total. The second-order valence-electron chi connectivity index (χ2n) is 5.15.